The molecule has 1 aliphatic heterocycles. The number of aliphatic hydroxyl groups is 1. The second-order valence-corrected chi connectivity index (χ2v) is 1.78. The molecule has 8 heavy (non-hydrogen) atoms. The zero-order chi connectivity index (χ0) is 6.15. The van der Waals surface area contributed by atoms with Gasteiger partial charge in [-0.3, -0.25) is 4.79 Å². The van der Waals surface area contributed by atoms with Crippen molar-refractivity contribution < 1.29 is 15.1 Å². The van der Waals surface area contributed by atoms with Crippen LogP contribution in [0.15, 0.2) is 0 Å². The van der Waals surface area contributed by atoms with E-state index in [1.807, 2.05) is 0 Å². The maximum atomic E-state index is 10.4. The summed E-state index contributed by atoms with van der Waals surface area (Å²) in [5.41, 5.74) is 0. The molecule has 0 radical (unpaired) electrons. The van der Waals surface area contributed by atoms with Gasteiger partial charge in [-0.2, -0.15) is 0 Å². The molecule has 0 spiro atoms. The average Bonchev–Trinajstić information content (AvgIpc) is 1.98. The Morgan fingerprint density at radius 1 is 1.88 bits per heavy atom. The molecule has 0 saturated carbocycles. The number of carbonyl (C=O) groups excluding carboxylic acids is 1. The maximum absolute atomic E-state index is 10.4. The molecule has 0 aromatic rings. The molecule has 1 saturated heterocycles. The van der Waals surface area contributed by atoms with Crippen LogP contribution in [0.25, 0.3) is 0 Å². The first-order valence-electron chi connectivity index (χ1n) is 2.43. The van der Waals surface area contributed by atoms with Gasteiger partial charge in [-0.25, -0.2) is 0 Å². The van der Waals surface area contributed by atoms with Crippen molar-refractivity contribution in [3.63, 3.8) is 0 Å². The van der Waals surface area contributed by atoms with Crippen LogP contribution in [0, 0.1) is 0 Å². The highest BCUT2D eigenvalue weighted by atomic mass is 16.5. The molecule has 1 fully saturated rings. The second kappa shape index (κ2) is 1.72. The fraction of sp³-hybridized carbons (Fsp3) is 0.750. The van der Waals surface area contributed by atoms with Gasteiger partial charge in [-0.1, -0.05) is 5.06 Å². The predicted octanol–water partition coefficient (Wildman–Crippen LogP) is -1.43. The van der Waals surface area contributed by atoms with E-state index in [1.165, 1.54) is 0 Å². The van der Waals surface area contributed by atoms with Crippen molar-refractivity contribution in [2.75, 3.05) is 0 Å². The van der Waals surface area contributed by atoms with Gasteiger partial charge in [0.1, 0.15) is 0 Å². The second-order valence-electron chi connectivity index (χ2n) is 1.78. The Morgan fingerprint density at radius 3 is 2.62 bits per heavy atom. The van der Waals surface area contributed by atoms with Crippen molar-refractivity contribution in [1.82, 2.24) is 5.06 Å². The topological polar surface area (TPSA) is 63.4 Å². The summed E-state index contributed by atoms with van der Waals surface area (Å²) in [6.45, 7) is 0. The Balaban J connectivity index is 2.56. The minimum atomic E-state index is -0.859. The fourth-order valence-electron chi connectivity index (χ4n) is 0.668. The van der Waals surface area contributed by atoms with Crippen LogP contribution in [0.1, 0.15) is 12.8 Å². The number of hydroxylamine groups is 2. The molecule has 1 atom stereocenters. The highest BCUT2D eigenvalue weighted by Gasteiger charge is 2.31. The lowest BCUT2D eigenvalue weighted by Crippen LogP contribution is -2.28. The number of hydrogen-bond donors (Lipinski definition) is 1. The molecule has 1 unspecified atom stereocenters. The van der Waals surface area contributed by atoms with Crippen molar-refractivity contribution >= 4 is 5.91 Å². The van der Waals surface area contributed by atoms with E-state index in [1.54, 1.807) is 0 Å². The molecule has 3 N–H and O–H groups in total. The molecule has 4 heteroatoms. The average molecular weight is 118 g/mol. The standard InChI is InChI=1S/C4H7NO3/c6-3-1-2-4(7)5(3)8/h3,6,8H,1-2H2/p+1. The van der Waals surface area contributed by atoms with Crippen LogP contribution in [0.3, 0.4) is 0 Å². The number of nitrogens with zero attached hydrogens (tertiary/aromatic N) is 1. The van der Waals surface area contributed by atoms with Gasteiger partial charge < -0.3 is 10.3 Å². The van der Waals surface area contributed by atoms with Crippen molar-refractivity contribution in [3.8, 4) is 0 Å². The Kier molecular flexibility index (Phi) is 1.19. The van der Waals surface area contributed by atoms with E-state index in [0.29, 0.717) is 17.9 Å². The summed E-state index contributed by atoms with van der Waals surface area (Å²) < 4.78 is 0. The van der Waals surface area contributed by atoms with Crippen LogP contribution in [-0.2, 0) is 4.79 Å². The smallest absolute Gasteiger partial charge is 0.289 e. The molecule has 0 aromatic heterocycles. The van der Waals surface area contributed by atoms with Gasteiger partial charge in [0.2, 0.25) is 0 Å². The summed E-state index contributed by atoms with van der Waals surface area (Å²) in [6.07, 6.45) is -0.144. The van der Waals surface area contributed by atoms with Crippen LogP contribution in [-0.4, -0.2) is 27.5 Å². The monoisotopic (exact) mass is 118 g/mol. The van der Waals surface area contributed by atoms with Crippen molar-refractivity contribution in [2.24, 2.45) is 0 Å². The number of hydrogen-bond acceptors (Lipinski definition) is 2. The largest absolute Gasteiger partial charge is 0.367 e. The van der Waals surface area contributed by atoms with Crippen LogP contribution < -0.4 is 0 Å². The van der Waals surface area contributed by atoms with Gasteiger partial charge in [0, 0.05) is 12.8 Å². The lowest BCUT2D eigenvalue weighted by atomic mass is 10.4. The molecule has 0 aliphatic carbocycles. The van der Waals surface area contributed by atoms with Crippen molar-refractivity contribution in [2.45, 2.75) is 19.1 Å². The number of rotatable bonds is 0. The van der Waals surface area contributed by atoms with Gasteiger partial charge in [0.15, 0.2) is 6.23 Å². The summed E-state index contributed by atoms with van der Waals surface area (Å²) in [4.78, 5) is 10.4. The van der Waals surface area contributed by atoms with Gasteiger partial charge in [0.05, 0.1) is 0 Å². The molecule has 46 valence electrons. The molecule has 0 bridgehead atoms. The van der Waals surface area contributed by atoms with E-state index in [-0.39, 0.29) is 5.91 Å². The minimum Gasteiger partial charge on any atom is -0.367 e. The maximum Gasteiger partial charge on any atom is 0.289 e. The normalized spacial score (nSPS) is 29.5. The van der Waals surface area contributed by atoms with Crippen molar-refractivity contribution in [1.29, 1.82) is 0 Å². The summed E-state index contributed by atoms with van der Waals surface area (Å²) in [6, 6.07) is 0. The first kappa shape index (κ1) is 5.53. The first-order chi connectivity index (χ1) is 3.72. The Bertz CT molecular complexity index is 114. The fourth-order valence-corrected chi connectivity index (χ4v) is 0.668. The number of carbonyl (C=O) groups is 1. The van der Waals surface area contributed by atoms with Crippen LogP contribution >= 0.6 is 0 Å². The van der Waals surface area contributed by atoms with Crippen LogP contribution in [0.4, 0.5) is 0 Å². The first-order valence-corrected chi connectivity index (χ1v) is 2.43. The van der Waals surface area contributed by atoms with E-state index in [2.05, 4.69) is 0 Å². The Hall–Kier alpha value is -0.610. The van der Waals surface area contributed by atoms with Crippen molar-refractivity contribution in [3.05, 3.63) is 0 Å². The zero-order valence-corrected chi connectivity index (χ0v) is 4.29. The minimum absolute atomic E-state index is 0.294. The van der Waals surface area contributed by atoms with E-state index in [0.717, 1.165) is 0 Å². The van der Waals surface area contributed by atoms with Crippen LogP contribution in [0.2, 0.25) is 0 Å². The third-order valence-corrected chi connectivity index (χ3v) is 1.18. The lowest BCUT2D eigenvalue weighted by Gasteiger charge is -2.03. The quantitative estimate of drug-likeness (QED) is 0.396. The van der Waals surface area contributed by atoms with E-state index < -0.39 is 6.23 Å². The molecular weight excluding hydrogens is 110 g/mol. The summed E-state index contributed by atoms with van der Waals surface area (Å²) in [5, 5.41) is 16.1. The van der Waals surface area contributed by atoms with E-state index in [9.17, 15) is 4.79 Å². The van der Waals surface area contributed by atoms with Gasteiger partial charge in [-0.15, -0.1) is 0 Å². The Morgan fingerprint density at radius 2 is 2.50 bits per heavy atom. The third kappa shape index (κ3) is 0.677. The summed E-state index contributed by atoms with van der Waals surface area (Å²) in [5.74, 6) is -0.294. The highest BCUT2D eigenvalue weighted by molar-refractivity contribution is 5.76. The molecule has 1 heterocycles. The van der Waals surface area contributed by atoms with Crippen LogP contribution in [0.5, 0.6) is 0 Å². The Labute approximate surface area is 46.3 Å². The summed E-state index contributed by atoms with van der Waals surface area (Å²) >= 11 is 0. The third-order valence-electron chi connectivity index (χ3n) is 1.18. The molecule has 4 nitrogen and oxygen atoms in total. The van der Waals surface area contributed by atoms with Gasteiger partial charge in [-0.05, 0) is 0 Å². The predicted molar refractivity (Wildman–Crippen MR) is 25.7 cm³/mol. The molecule has 1 rings (SSSR count). The summed E-state index contributed by atoms with van der Waals surface area (Å²) in [7, 11) is 0. The SMILES string of the molecule is O=C1CCC(O)N1[OH2+]. The molecule has 1 aliphatic rings. The van der Waals surface area contributed by atoms with Gasteiger partial charge in [0.25, 0.3) is 5.91 Å². The van der Waals surface area contributed by atoms with E-state index >= 15 is 0 Å². The zero-order valence-electron chi connectivity index (χ0n) is 4.29. The molecule has 1 amide bonds. The molecular formula is C4H8NO3+. The highest BCUT2D eigenvalue weighted by Crippen LogP contribution is 2.12. The number of aliphatic hydroxyl groups excluding tert-OH is 1. The molecule has 0 aromatic carbocycles. The van der Waals surface area contributed by atoms with E-state index in [4.69, 9.17) is 10.3 Å². The van der Waals surface area contributed by atoms with Gasteiger partial charge >= 0.3 is 0 Å². The lowest BCUT2D eigenvalue weighted by molar-refractivity contribution is -0.189. The number of amides is 1.